The van der Waals surface area contributed by atoms with Crippen LogP contribution >= 0.6 is 0 Å². The number of carbonyl (C=O) groups is 1. The van der Waals surface area contributed by atoms with Crippen molar-refractivity contribution in [1.82, 2.24) is 0 Å². The van der Waals surface area contributed by atoms with Gasteiger partial charge in [0.05, 0.1) is 5.56 Å². The maximum absolute atomic E-state index is 12.9. The third-order valence-electron chi connectivity index (χ3n) is 4.22. The third-order valence-corrected chi connectivity index (χ3v) is 4.22. The van der Waals surface area contributed by atoms with E-state index in [1.54, 1.807) is 0 Å². The first-order chi connectivity index (χ1) is 10.3. The summed E-state index contributed by atoms with van der Waals surface area (Å²) in [6.45, 7) is 0. The van der Waals surface area contributed by atoms with E-state index in [0.29, 0.717) is 11.3 Å². The first kappa shape index (κ1) is 10.9. The second-order valence-corrected chi connectivity index (χ2v) is 5.34. The van der Waals surface area contributed by atoms with Crippen LogP contribution in [-0.2, 0) is 0 Å². The van der Waals surface area contributed by atoms with Gasteiger partial charge in [0.25, 0.3) is 0 Å². The molecule has 0 unspecified atom stereocenters. The quantitative estimate of drug-likeness (QED) is 0.404. The summed E-state index contributed by atoms with van der Waals surface area (Å²) in [6.07, 6.45) is 0. The molecule has 0 radical (unpaired) electrons. The summed E-state index contributed by atoms with van der Waals surface area (Å²) >= 11 is 0. The van der Waals surface area contributed by atoms with Crippen LogP contribution in [0.3, 0.4) is 0 Å². The second-order valence-electron chi connectivity index (χ2n) is 5.34. The van der Waals surface area contributed by atoms with Crippen molar-refractivity contribution in [2.75, 3.05) is 0 Å². The summed E-state index contributed by atoms with van der Waals surface area (Å²) < 4.78 is 5.99. The Morgan fingerprint density at radius 3 is 2.38 bits per heavy atom. The van der Waals surface area contributed by atoms with Gasteiger partial charge in [-0.15, -0.1) is 0 Å². The second kappa shape index (κ2) is 3.61. The number of ketones is 1. The van der Waals surface area contributed by atoms with Crippen molar-refractivity contribution in [3.8, 4) is 11.3 Å². The van der Waals surface area contributed by atoms with E-state index in [2.05, 4.69) is 0 Å². The first-order valence-electron chi connectivity index (χ1n) is 6.93. The Morgan fingerprint density at radius 1 is 0.762 bits per heavy atom. The molecule has 0 saturated heterocycles. The topological polar surface area (TPSA) is 30.2 Å². The molecule has 0 fully saturated rings. The third kappa shape index (κ3) is 1.24. The summed E-state index contributed by atoms with van der Waals surface area (Å²) in [7, 11) is 0. The van der Waals surface area contributed by atoms with Gasteiger partial charge in [-0.1, -0.05) is 54.6 Å². The number of para-hydroxylation sites is 1. The zero-order valence-corrected chi connectivity index (χ0v) is 11.1. The standard InChI is InChI=1S/C19H10O2/c20-18-13-8-3-5-11-6-4-9-14(16(11)13)19-17(18)12-7-1-2-10-15(12)21-19/h1-10H. The Bertz CT molecular complexity index is 1050. The number of rotatable bonds is 0. The number of hydrogen-bond donors (Lipinski definition) is 0. The lowest BCUT2D eigenvalue weighted by atomic mass is 9.86. The summed E-state index contributed by atoms with van der Waals surface area (Å²) in [5.41, 5.74) is 3.23. The summed E-state index contributed by atoms with van der Waals surface area (Å²) in [5.74, 6) is 0.754. The van der Waals surface area contributed by atoms with Crippen LogP contribution in [0.25, 0.3) is 33.1 Å². The van der Waals surface area contributed by atoms with Crippen LogP contribution in [0.15, 0.2) is 65.1 Å². The Labute approximate surface area is 120 Å². The van der Waals surface area contributed by atoms with Crippen LogP contribution < -0.4 is 0 Å². The first-order valence-corrected chi connectivity index (χ1v) is 6.93. The van der Waals surface area contributed by atoms with Crippen molar-refractivity contribution in [2.24, 2.45) is 0 Å². The lowest BCUT2D eigenvalue weighted by Crippen LogP contribution is -2.08. The van der Waals surface area contributed by atoms with Gasteiger partial charge in [-0.25, -0.2) is 0 Å². The number of carbonyl (C=O) groups excluding carboxylic acids is 1. The molecule has 0 bridgehead atoms. The molecule has 0 saturated carbocycles. The number of fused-ring (bicyclic) bond motifs is 4. The molecule has 2 heteroatoms. The lowest BCUT2D eigenvalue weighted by Gasteiger charge is -2.15. The fourth-order valence-electron chi connectivity index (χ4n) is 3.31. The molecule has 0 atom stereocenters. The maximum Gasteiger partial charge on any atom is 0.198 e. The van der Waals surface area contributed by atoms with Crippen LogP contribution in [0, 0.1) is 0 Å². The number of furan rings is 1. The lowest BCUT2D eigenvalue weighted by molar-refractivity contribution is 0.104. The van der Waals surface area contributed by atoms with Crippen LogP contribution in [-0.4, -0.2) is 5.78 Å². The zero-order valence-electron chi connectivity index (χ0n) is 11.1. The van der Waals surface area contributed by atoms with E-state index in [1.807, 2.05) is 60.7 Å². The van der Waals surface area contributed by atoms with Crippen LogP contribution in [0.5, 0.6) is 0 Å². The average molecular weight is 270 g/mol. The van der Waals surface area contributed by atoms with Gasteiger partial charge in [0.2, 0.25) is 0 Å². The van der Waals surface area contributed by atoms with Crippen LogP contribution in [0.2, 0.25) is 0 Å². The predicted molar refractivity (Wildman–Crippen MR) is 82.6 cm³/mol. The number of benzene rings is 3. The molecule has 0 spiro atoms. The molecule has 4 aromatic rings. The van der Waals surface area contributed by atoms with E-state index in [-0.39, 0.29) is 5.78 Å². The SMILES string of the molecule is O=C1c2c(oc3ccccc23)-c2cccc3cccc1c23. The molecule has 1 aromatic heterocycles. The van der Waals surface area contributed by atoms with E-state index >= 15 is 0 Å². The fourth-order valence-corrected chi connectivity index (χ4v) is 3.31. The van der Waals surface area contributed by atoms with Gasteiger partial charge in [0.1, 0.15) is 11.3 Å². The largest absolute Gasteiger partial charge is 0.455 e. The number of hydrogen-bond acceptors (Lipinski definition) is 2. The minimum atomic E-state index is 0.0549. The van der Waals surface area contributed by atoms with Crippen molar-refractivity contribution in [2.45, 2.75) is 0 Å². The highest BCUT2D eigenvalue weighted by molar-refractivity contribution is 6.29. The normalized spacial score (nSPS) is 12.9. The van der Waals surface area contributed by atoms with Crippen LogP contribution in [0.1, 0.15) is 15.9 Å². The summed E-state index contributed by atoms with van der Waals surface area (Å²) in [6, 6.07) is 19.7. The van der Waals surface area contributed by atoms with E-state index in [4.69, 9.17) is 4.42 Å². The van der Waals surface area contributed by atoms with E-state index in [9.17, 15) is 4.79 Å². The van der Waals surface area contributed by atoms with E-state index < -0.39 is 0 Å². The molecule has 98 valence electrons. The Balaban J connectivity index is 2.06. The Hall–Kier alpha value is -2.87. The van der Waals surface area contributed by atoms with Crippen LogP contribution in [0.4, 0.5) is 0 Å². The smallest absolute Gasteiger partial charge is 0.198 e. The molecule has 3 aromatic carbocycles. The highest BCUT2D eigenvalue weighted by Crippen LogP contribution is 2.43. The molecule has 0 N–H and O–H groups in total. The molecule has 0 aliphatic heterocycles. The van der Waals surface area contributed by atoms with E-state index in [0.717, 1.165) is 32.9 Å². The molecular formula is C19H10O2. The monoisotopic (exact) mass is 270 g/mol. The van der Waals surface area contributed by atoms with Gasteiger partial charge >= 0.3 is 0 Å². The minimum absolute atomic E-state index is 0.0549. The molecular weight excluding hydrogens is 260 g/mol. The average Bonchev–Trinajstić information content (AvgIpc) is 2.92. The van der Waals surface area contributed by atoms with Gasteiger partial charge in [-0.2, -0.15) is 0 Å². The van der Waals surface area contributed by atoms with Gasteiger partial charge in [-0.05, 0) is 11.5 Å². The van der Waals surface area contributed by atoms with Gasteiger partial charge in [0.15, 0.2) is 5.78 Å². The molecule has 1 heterocycles. The zero-order chi connectivity index (χ0) is 14.0. The minimum Gasteiger partial charge on any atom is -0.455 e. The van der Waals surface area contributed by atoms with Gasteiger partial charge in [-0.3, -0.25) is 4.79 Å². The molecule has 21 heavy (non-hydrogen) atoms. The summed E-state index contributed by atoms with van der Waals surface area (Å²) in [5, 5.41) is 2.96. The van der Waals surface area contributed by atoms with Crippen molar-refractivity contribution >= 4 is 27.5 Å². The summed E-state index contributed by atoms with van der Waals surface area (Å²) in [4.78, 5) is 12.9. The molecule has 1 aliphatic carbocycles. The highest BCUT2D eigenvalue weighted by Gasteiger charge is 2.30. The Kier molecular flexibility index (Phi) is 1.87. The molecule has 5 rings (SSSR count). The fraction of sp³-hybridized carbons (Fsp3) is 0. The maximum atomic E-state index is 12.9. The van der Waals surface area contributed by atoms with E-state index in [1.165, 1.54) is 0 Å². The predicted octanol–water partition coefficient (Wildman–Crippen LogP) is 4.80. The van der Waals surface area contributed by atoms with Gasteiger partial charge in [0, 0.05) is 21.9 Å². The van der Waals surface area contributed by atoms with Crippen molar-refractivity contribution < 1.29 is 9.21 Å². The molecule has 0 amide bonds. The van der Waals surface area contributed by atoms with Gasteiger partial charge < -0.3 is 4.42 Å². The van der Waals surface area contributed by atoms with Crippen molar-refractivity contribution in [3.63, 3.8) is 0 Å². The van der Waals surface area contributed by atoms with Crippen molar-refractivity contribution in [1.29, 1.82) is 0 Å². The van der Waals surface area contributed by atoms with Crippen molar-refractivity contribution in [3.05, 3.63) is 71.8 Å². The Morgan fingerprint density at radius 2 is 1.52 bits per heavy atom. The highest BCUT2D eigenvalue weighted by atomic mass is 16.3. The molecule has 2 nitrogen and oxygen atoms in total. The molecule has 1 aliphatic rings.